The largest absolute Gasteiger partial charge is 0.454 e. The summed E-state index contributed by atoms with van der Waals surface area (Å²) in [6.07, 6.45) is 1.85. The molecule has 1 aromatic rings. The summed E-state index contributed by atoms with van der Waals surface area (Å²) in [6, 6.07) is 3.63. The second-order valence-electron chi connectivity index (χ2n) is 4.15. The van der Waals surface area contributed by atoms with E-state index in [0.717, 1.165) is 11.3 Å². The monoisotopic (exact) mass is 280 g/mol. The summed E-state index contributed by atoms with van der Waals surface area (Å²) in [5, 5.41) is 6.55. The Bertz CT molecular complexity index is 585. The Morgan fingerprint density at radius 3 is 3.11 bits per heavy atom. The summed E-state index contributed by atoms with van der Waals surface area (Å²) in [6.45, 7) is 0.184. The Kier molecular flexibility index (Phi) is 2.96. The third-order valence-corrected chi connectivity index (χ3v) is 3.18. The molecule has 7 heteroatoms. The van der Waals surface area contributed by atoms with Crippen LogP contribution in [0.25, 0.3) is 5.70 Å². The Balaban J connectivity index is 2.03. The van der Waals surface area contributed by atoms with Gasteiger partial charge in [0.15, 0.2) is 17.5 Å². The summed E-state index contributed by atoms with van der Waals surface area (Å²) in [4.78, 5) is 4.27. The molecule has 0 fully saturated rings. The molecule has 0 saturated heterocycles. The fourth-order valence-electron chi connectivity index (χ4n) is 1.99. The molecular weight excluding hydrogens is 268 g/mol. The lowest BCUT2D eigenvalue weighted by molar-refractivity contribution is 0.174. The Labute approximate surface area is 115 Å². The van der Waals surface area contributed by atoms with Crippen molar-refractivity contribution in [2.24, 2.45) is 10.7 Å². The molecule has 0 radical (unpaired) electrons. The van der Waals surface area contributed by atoms with Gasteiger partial charge in [0.2, 0.25) is 6.79 Å². The van der Waals surface area contributed by atoms with Crippen molar-refractivity contribution in [1.82, 2.24) is 10.6 Å². The molecule has 0 aromatic heterocycles. The van der Waals surface area contributed by atoms with Crippen LogP contribution in [-0.4, -0.2) is 26.0 Å². The van der Waals surface area contributed by atoms with E-state index in [1.165, 1.54) is 0 Å². The average molecular weight is 281 g/mol. The number of guanidine groups is 1. The van der Waals surface area contributed by atoms with Gasteiger partial charge in [-0.05, 0) is 25.3 Å². The summed E-state index contributed by atoms with van der Waals surface area (Å²) >= 11 is 6.16. The minimum atomic E-state index is -0.0725. The maximum Gasteiger partial charge on any atom is 0.231 e. The van der Waals surface area contributed by atoms with Crippen molar-refractivity contribution in [2.45, 2.75) is 6.17 Å². The number of nitrogens with one attached hydrogen (secondary N) is 2. The molecule has 100 valence electrons. The first-order chi connectivity index (χ1) is 9.17. The number of hydrogen-bond acceptors (Lipinski definition) is 6. The van der Waals surface area contributed by atoms with Crippen LogP contribution in [0.2, 0.25) is 5.02 Å². The van der Waals surface area contributed by atoms with Gasteiger partial charge in [-0.2, -0.15) is 0 Å². The predicted octanol–water partition coefficient (Wildman–Crippen LogP) is 0.873. The zero-order valence-corrected chi connectivity index (χ0v) is 11.0. The fraction of sp³-hybridized carbons (Fsp3) is 0.250. The smallest absolute Gasteiger partial charge is 0.231 e. The normalized spacial score (nSPS) is 20.6. The fourth-order valence-corrected chi connectivity index (χ4v) is 2.25. The van der Waals surface area contributed by atoms with E-state index in [0.29, 0.717) is 22.5 Å². The van der Waals surface area contributed by atoms with Gasteiger partial charge in [-0.3, -0.25) is 5.32 Å². The van der Waals surface area contributed by atoms with Crippen molar-refractivity contribution in [3.63, 3.8) is 0 Å². The van der Waals surface area contributed by atoms with E-state index in [2.05, 4.69) is 15.6 Å². The van der Waals surface area contributed by atoms with E-state index in [9.17, 15) is 0 Å². The van der Waals surface area contributed by atoms with E-state index in [1.807, 2.05) is 19.2 Å². The zero-order chi connectivity index (χ0) is 13.4. The van der Waals surface area contributed by atoms with E-state index in [4.69, 9.17) is 26.8 Å². The molecule has 0 bridgehead atoms. The molecule has 0 aliphatic carbocycles. The van der Waals surface area contributed by atoms with Gasteiger partial charge in [-0.1, -0.05) is 11.6 Å². The van der Waals surface area contributed by atoms with Gasteiger partial charge >= 0.3 is 0 Å². The molecule has 2 heterocycles. The molecule has 0 amide bonds. The molecule has 1 unspecified atom stereocenters. The van der Waals surface area contributed by atoms with Crippen molar-refractivity contribution in [3.05, 3.63) is 28.8 Å². The molecule has 2 aliphatic rings. The van der Waals surface area contributed by atoms with E-state index >= 15 is 0 Å². The van der Waals surface area contributed by atoms with E-state index < -0.39 is 0 Å². The molecule has 6 nitrogen and oxygen atoms in total. The topological polar surface area (TPSA) is 80.9 Å². The second kappa shape index (κ2) is 4.64. The molecule has 1 atom stereocenters. The summed E-state index contributed by atoms with van der Waals surface area (Å²) in [7, 11) is 1.83. The molecule has 0 saturated carbocycles. The number of nitrogens with two attached hydrogens (primary N) is 1. The van der Waals surface area contributed by atoms with Crippen molar-refractivity contribution >= 4 is 23.3 Å². The number of halogens is 1. The van der Waals surface area contributed by atoms with Crippen LogP contribution in [0.15, 0.2) is 23.2 Å². The molecular formula is C12H13ClN4O2. The zero-order valence-electron chi connectivity index (χ0n) is 10.2. The van der Waals surface area contributed by atoms with Gasteiger partial charge in [0.1, 0.15) is 6.17 Å². The van der Waals surface area contributed by atoms with Crippen molar-refractivity contribution in [2.75, 3.05) is 13.8 Å². The SMILES string of the molecule is CNC1C=C(c2cc(Cl)c3c(c2)OCO3)N=C(N)N1. The minimum absolute atomic E-state index is 0.0725. The first-order valence-corrected chi connectivity index (χ1v) is 6.14. The maximum atomic E-state index is 6.16. The first-order valence-electron chi connectivity index (χ1n) is 5.76. The highest BCUT2D eigenvalue weighted by Gasteiger charge is 2.21. The van der Waals surface area contributed by atoms with Crippen LogP contribution in [0, 0.1) is 0 Å². The Morgan fingerprint density at radius 2 is 2.32 bits per heavy atom. The molecule has 19 heavy (non-hydrogen) atoms. The number of likely N-dealkylation sites (N-methyl/N-ethyl adjacent to an activating group) is 1. The quantitative estimate of drug-likeness (QED) is 0.749. The molecule has 4 N–H and O–H groups in total. The van der Waals surface area contributed by atoms with Crippen LogP contribution in [0.3, 0.4) is 0 Å². The third-order valence-electron chi connectivity index (χ3n) is 2.90. The number of nitrogens with zero attached hydrogens (tertiary/aromatic N) is 1. The molecule has 3 rings (SSSR count). The van der Waals surface area contributed by atoms with Crippen LogP contribution in [0.4, 0.5) is 0 Å². The lowest BCUT2D eigenvalue weighted by atomic mass is 10.1. The third kappa shape index (κ3) is 2.20. The van der Waals surface area contributed by atoms with Gasteiger partial charge in [0.05, 0.1) is 10.7 Å². The highest BCUT2D eigenvalue weighted by atomic mass is 35.5. The van der Waals surface area contributed by atoms with Crippen LogP contribution in [-0.2, 0) is 0 Å². The van der Waals surface area contributed by atoms with Gasteiger partial charge in [-0.25, -0.2) is 4.99 Å². The number of hydrogen-bond donors (Lipinski definition) is 3. The number of fused-ring (bicyclic) bond motifs is 1. The minimum Gasteiger partial charge on any atom is -0.454 e. The average Bonchev–Trinajstić information content (AvgIpc) is 2.86. The Morgan fingerprint density at radius 1 is 1.47 bits per heavy atom. The lowest BCUT2D eigenvalue weighted by Gasteiger charge is -2.21. The van der Waals surface area contributed by atoms with Crippen LogP contribution < -0.4 is 25.8 Å². The van der Waals surface area contributed by atoms with Crippen LogP contribution >= 0.6 is 11.6 Å². The van der Waals surface area contributed by atoms with Crippen LogP contribution in [0.1, 0.15) is 5.56 Å². The molecule has 2 aliphatic heterocycles. The van der Waals surface area contributed by atoms with Gasteiger partial charge in [0, 0.05) is 5.56 Å². The number of aliphatic imine (C=N–C) groups is 1. The highest BCUT2D eigenvalue weighted by Crippen LogP contribution is 2.41. The van der Waals surface area contributed by atoms with Crippen molar-refractivity contribution in [1.29, 1.82) is 0 Å². The predicted molar refractivity (Wildman–Crippen MR) is 73.2 cm³/mol. The molecule has 1 aromatic carbocycles. The number of benzene rings is 1. The summed E-state index contributed by atoms with van der Waals surface area (Å²) < 4.78 is 10.6. The summed E-state index contributed by atoms with van der Waals surface area (Å²) in [5.74, 6) is 1.55. The van der Waals surface area contributed by atoms with Gasteiger partial charge in [-0.15, -0.1) is 0 Å². The Hall–Kier alpha value is -1.92. The maximum absolute atomic E-state index is 6.16. The molecule has 0 spiro atoms. The highest BCUT2D eigenvalue weighted by molar-refractivity contribution is 6.32. The van der Waals surface area contributed by atoms with Gasteiger partial charge in [0.25, 0.3) is 0 Å². The summed E-state index contributed by atoms with van der Waals surface area (Å²) in [5.41, 5.74) is 7.31. The number of ether oxygens (including phenoxy) is 2. The standard InChI is InChI=1S/C12H13ClN4O2/c1-15-10-4-8(16-12(14)17-10)6-2-7(13)11-9(3-6)18-5-19-11/h2-4,10,15H,5H2,1H3,(H3,14,16,17). The number of rotatable bonds is 2. The van der Waals surface area contributed by atoms with Gasteiger partial charge < -0.3 is 20.5 Å². The van der Waals surface area contributed by atoms with E-state index in [1.54, 1.807) is 6.07 Å². The first kappa shape index (κ1) is 12.1. The van der Waals surface area contributed by atoms with Crippen molar-refractivity contribution < 1.29 is 9.47 Å². The lowest BCUT2D eigenvalue weighted by Crippen LogP contribution is -2.47. The second-order valence-corrected chi connectivity index (χ2v) is 4.56. The van der Waals surface area contributed by atoms with E-state index in [-0.39, 0.29) is 13.0 Å². The van der Waals surface area contributed by atoms with Crippen LogP contribution in [0.5, 0.6) is 11.5 Å². The van der Waals surface area contributed by atoms with Crippen molar-refractivity contribution in [3.8, 4) is 11.5 Å².